The topological polar surface area (TPSA) is 187 Å². The van der Waals surface area contributed by atoms with E-state index in [0.29, 0.717) is 10.8 Å². The maximum Gasteiger partial charge on any atom is 0.490 e. The molecule has 1 saturated heterocycles. The average molecular weight is 629 g/mol. The van der Waals surface area contributed by atoms with Gasteiger partial charge in [0, 0.05) is 23.5 Å². The lowest BCUT2D eigenvalue weighted by Gasteiger charge is -2.32. The Morgan fingerprint density at radius 2 is 1.84 bits per heavy atom. The number of carboxylic acids is 1. The second-order valence-corrected chi connectivity index (χ2v) is 10.6. The summed E-state index contributed by atoms with van der Waals surface area (Å²) in [6, 6.07) is 8.35. The van der Waals surface area contributed by atoms with E-state index in [1.165, 1.54) is 36.2 Å². The number of aliphatic carboxylic acids is 1. The molecule has 2 aromatic carbocycles. The number of hydrogen-bond acceptors (Lipinski definition) is 10. The number of hydrogen-bond donors (Lipinski definition) is 4. The lowest BCUT2D eigenvalue weighted by Crippen LogP contribution is -2.47. The largest absolute Gasteiger partial charge is 0.490 e. The highest BCUT2D eigenvalue weighted by Crippen LogP contribution is 2.37. The summed E-state index contributed by atoms with van der Waals surface area (Å²) < 4.78 is 73.1. The van der Waals surface area contributed by atoms with Crippen LogP contribution >= 0.6 is 8.18 Å². The fraction of sp³-hybridized carbons (Fsp3) is 0.346. The Morgan fingerprint density at radius 1 is 1.19 bits per heavy atom. The van der Waals surface area contributed by atoms with Gasteiger partial charge in [0.25, 0.3) is 0 Å². The van der Waals surface area contributed by atoms with Crippen LogP contribution in [0.15, 0.2) is 60.3 Å². The minimum Gasteiger partial charge on any atom is -0.490 e. The molecule has 2 unspecified atom stereocenters. The lowest BCUT2D eigenvalue weighted by molar-refractivity contribution is -0.212. The fourth-order valence-corrected chi connectivity index (χ4v) is 5.26. The molecule has 0 aliphatic carbocycles. The van der Waals surface area contributed by atoms with Crippen LogP contribution in [0.5, 0.6) is 11.5 Å². The molecule has 43 heavy (non-hydrogen) atoms. The number of nitrogens with zero attached hydrogens (tertiary/aromatic N) is 1. The number of aliphatic hydroxyl groups is 1. The number of alkyl halides is 3. The van der Waals surface area contributed by atoms with E-state index in [-0.39, 0.29) is 23.6 Å². The van der Waals surface area contributed by atoms with Crippen LogP contribution in [0.2, 0.25) is 0 Å². The summed E-state index contributed by atoms with van der Waals surface area (Å²) in [6.07, 6.45) is -7.53. The van der Waals surface area contributed by atoms with Crippen LogP contribution in [0, 0.1) is 0 Å². The van der Waals surface area contributed by atoms with Crippen molar-refractivity contribution in [2.24, 2.45) is 5.73 Å². The molecule has 2 heterocycles. The molecular weight excluding hydrogens is 602 g/mol. The van der Waals surface area contributed by atoms with Crippen LogP contribution in [0.25, 0.3) is 10.8 Å². The Balaban J connectivity index is 1.54. The standard InChI is InChI=1S/C26H27F3N3O10P/c1-13(24(35)36)31-43(38)42-18-9-3-6-15-16(18)7-2-8-17(15)39-12-19-20(33)21(41-25(37)26(27,28)29)23(40-19)32-10-4-5-14(11-32)22(30)34/h2-9,11,13,19-21,23,33,43H,10,12H2,1H3,(H2,30,34)(H,31,38)(H,35,36)/t13-,19?,20-,21+,23+/m0/s1. The zero-order valence-corrected chi connectivity index (χ0v) is 23.3. The van der Waals surface area contributed by atoms with Gasteiger partial charge in [-0.15, -0.1) is 0 Å². The number of amides is 1. The van der Waals surface area contributed by atoms with Crippen LogP contribution in [-0.4, -0.2) is 82.9 Å². The zero-order chi connectivity index (χ0) is 31.5. The number of esters is 1. The second-order valence-electron chi connectivity index (χ2n) is 9.48. The molecule has 0 saturated carbocycles. The van der Waals surface area contributed by atoms with E-state index in [1.54, 1.807) is 30.3 Å². The van der Waals surface area contributed by atoms with Crippen LogP contribution in [-0.2, 0) is 28.4 Å². The normalized spacial score (nSPS) is 23.4. The SMILES string of the molecule is C[C@H](N[PH](=O)Oc1cccc2c(OCC3O[C@@H](N4C=C(C(N)=O)C=CC4)[C@H](OC(=O)C(F)(F)F)[C@H]3O)cccc12)C(=O)O. The number of benzene rings is 2. The molecule has 1 amide bonds. The van der Waals surface area contributed by atoms with Crippen molar-refractivity contribution in [3.8, 4) is 11.5 Å². The Hall–Kier alpha value is -4.11. The summed E-state index contributed by atoms with van der Waals surface area (Å²) in [4.78, 5) is 35.6. The van der Waals surface area contributed by atoms with Crippen molar-refractivity contribution in [1.29, 1.82) is 0 Å². The first-order valence-corrected chi connectivity index (χ1v) is 14.0. The highest BCUT2D eigenvalue weighted by Gasteiger charge is 2.52. The fourth-order valence-electron chi connectivity index (χ4n) is 4.35. The summed E-state index contributed by atoms with van der Waals surface area (Å²) in [7, 11) is -3.01. The van der Waals surface area contributed by atoms with Crippen LogP contribution in [0.1, 0.15) is 6.92 Å². The number of nitrogens with two attached hydrogens (primary N) is 1. The predicted molar refractivity (Wildman–Crippen MR) is 143 cm³/mol. The maximum atomic E-state index is 13.0. The molecule has 232 valence electrons. The van der Waals surface area contributed by atoms with E-state index in [9.17, 15) is 37.2 Å². The monoisotopic (exact) mass is 629 g/mol. The molecule has 5 N–H and O–H groups in total. The molecule has 0 spiro atoms. The molecule has 4 rings (SSSR count). The summed E-state index contributed by atoms with van der Waals surface area (Å²) in [5.74, 6) is -4.19. The third kappa shape index (κ3) is 7.46. The third-order valence-corrected chi connectivity index (χ3v) is 7.54. The van der Waals surface area contributed by atoms with Gasteiger partial charge < -0.3 is 39.6 Å². The predicted octanol–water partition coefficient (Wildman–Crippen LogP) is 1.85. The van der Waals surface area contributed by atoms with Gasteiger partial charge in [0.2, 0.25) is 5.91 Å². The smallest absolute Gasteiger partial charge is 0.490 e. The maximum absolute atomic E-state index is 13.0. The molecule has 6 atom stereocenters. The Kier molecular flexibility index (Phi) is 9.65. The van der Waals surface area contributed by atoms with Gasteiger partial charge >= 0.3 is 26.3 Å². The number of carboxylic acid groups (broad SMARTS) is 1. The molecule has 1 fully saturated rings. The highest BCUT2D eigenvalue weighted by molar-refractivity contribution is 7.37. The first-order chi connectivity index (χ1) is 20.3. The number of fused-ring (bicyclic) bond motifs is 1. The van der Waals surface area contributed by atoms with E-state index in [2.05, 4.69) is 9.82 Å². The van der Waals surface area contributed by atoms with Gasteiger partial charge in [0.05, 0.1) is 5.57 Å². The number of ether oxygens (including phenoxy) is 3. The second kappa shape index (κ2) is 13.0. The average Bonchev–Trinajstić information content (AvgIpc) is 3.26. The van der Waals surface area contributed by atoms with Crippen LogP contribution < -0.4 is 20.1 Å². The number of carbonyl (C=O) groups excluding carboxylic acids is 2. The van der Waals surface area contributed by atoms with Gasteiger partial charge in [-0.3, -0.25) is 14.2 Å². The van der Waals surface area contributed by atoms with Gasteiger partial charge in [-0.2, -0.15) is 13.2 Å². The summed E-state index contributed by atoms with van der Waals surface area (Å²) in [6.45, 7) is 0.931. The first-order valence-electron chi connectivity index (χ1n) is 12.7. The molecule has 17 heteroatoms. The summed E-state index contributed by atoms with van der Waals surface area (Å²) in [5, 5.41) is 23.1. The third-order valence-electron chi connectivity index (χ3n) is 6.47. The minimum absolute atomic E-state index is 0.00824. The van der Waals surface area contributed by atoms with E-state index in [4.69, 9.17) is 24.8 Å². The van der Waals surface area contributed by atoms with Gasteiger partial charge in [-0.1, -0.05) is 36.4 Å². The zero-order valence-electron chi connectivity index (χ0n) is 22.3. The van der Waals surface area contributed by atoms with E-state index in [0.717, 1.165) is 0 Å². The number of rotatable bonds is 11. The van der Waals surface area contributed by atoms with Crippen LogP contribution in [0.3, 0.4) is 0 Å². The first kappa shape index (κ1) is 31.8. The Morgan fingerprint density at radius 3 is 2.47 bits per heavy atom. The van der Waals surface area contributed by atoms with E-state index in [1.807, 2.05) is 0 Å². The van der Waals surface area contributed by atoms with Crippen LogP contribution in [0.4, 0.5) is 13.2 Å². The van der Waals surface area contributed by atoms with Gasteiger partial charge in [-0.05, 0) is 19.1 Å². The van der Waals surface area contributed by atoms with E-state index < -0.39 is 69.4 Å². The summed E-state index contributed by atoms with van der Waals surface area (Å²) in [5.41, 5.74) is 5.31. The molecule has 0 radical (unpaired) electrons. The lowest BCUT2D eigenvalue weighted by atomic mass is 10.1. The number of carbonyl (C=O) groups is 3. The van der Waals surface area contributed by atoms with Crippen molar-refractivity contribution in [1.82, 2.24) is 9.99 Å². The molecular formula is C26H27F3N3O10P. The molecule has 0 aromatic heterocycles. The van der Waals surface area contributed by atoms with Gasteiger partial charge in [0.15, 0.2) is 12.3 Å². The quantitative estimate of drug-likeness (QED) is 0.209. The van der Waals surface area contributed by atoms with Gasteiger partial charge in [0.1, 0.15) is 36.4 Å². The molecule has 2 aliphatic heterocycles. The van der Waals surface area contributed by atoms with Crippen molar-refractivity contribution in [3.05, 3.63) is 60.3 Å². The minimum atomic E-state index is -5.34. The van der Waals surface area contributed by atoms with Crippen molar-refractivity contribution in [3.63, 3.8) is 0 Å². The number of aliphatic hydroxyl groups excluding tert-OH is 1. The van der Waals surface area contributed by atoms with Gasteiger partial charge in [-0.25, -0.2) is 9.88 Å². The molecule has 13 nitrogen and oxygen atoms in total. The Labute approximate surface area is 242 Å². The van der Waals surface area contributed by atoms with Crippen molar-refractivity contribution in [2.45, 2.75) is 43.7 Å². The van der Waals surface area contributed by atoms with E-state index >= 15 is 0 Å². The molecule has 0 bridgehead atoms. The molecule has 2 aromatic rings. The number of nitrogens with one attached hydrogen (secondary N) is 1. The number of primary amides is 1. The Bertz CT molecular complexity index is 1480. The van der Waals surface area contributed by atoms with Crippen molar-refractivity contribution in [2.75, 3.05) is 13.2 Å². The van der Waals surface area contributed by atoms with Crippen molar-refractivity contribution >= 4 is 36.8 Å². The molecule has 2 aliphatic rings. The summed E-state index contributed by atoms with van der Waals surface area (Å²) >= 11 is 0. The number of halogens is 3. The highest BCUT2D eigenvalue weighted by atomic mass is 31.1. The van der Waals surface area contributed by atoms with Crippen molar-refractivity contribution < 1.29 is 61.1 Å².